The second-order valence-corrected chi connectivity index (χ2v) is 6.78. The summed E-state index contributed by atoms with van der Waals surface area (Å²) >= 11 is 0. The molecular formula is C22H29NO3. The van der Waals surface area contributed by atoms with E-state index in [-0.39, 0.29) is 12.0 Å². The number of benzene rings is 2. The van der Waals surface area contributed by atoms with E-state index in [1.165, 1.54) is 5.56 Å². The molecule has 1 N–H and O–H groups in total. The summed E-state index contributed by atoms with van der Waals surface area (Å²) in [6, 6.07) is 15.8. The zero-order valence-corrected chi connectivity index (χ0v) is 16.1. The van der Waals surface area contributed by atoms with Crippen LogP contribution in [0, 0.1) is 6.92 Å². The number of ether oxygens (including phenoxy) is 2. The molecule has 0 fully saturated rings. The highest BCUT2D eigenvalue weighted by Gasteiger charge is 2.13. The van der Waals surface area contributed by atoms with Crippen LogP contribution in [0.25, 0.3) is 0 Å². The molecule has 0 aliphatic heterocycles. The lowest BCUT2D eigenvalue weighted by atomic mass is 10.1. The number of amides is 1. The standard InChI is InChI=1S/C22H29NO3/c1-16(2)25-20-12-10-19(11-13-20)8-6-14-23-22(24)18(4)26-21-9-5-7-17(3)15-21/h5,7,9-13,15-16,18H,6,8,14H2,1-4H3,(H,23,24)/t18-/m0/s1. The predicted octanol–water partition coefficient (Wildman–Crippen LogP) is 4.30. The van der Waals surface area contributed by atoms with Crippen molar-refractivity contribution in [1.29, 1.82) is 0 Å². The number of aryl methyl sites for hydroxylation is 2. The van der Waals surface area contributed by atoms with E-state index in [1.807, 2.05) is 57.2 Å². The van der Waals surface area contributed by atoms with Crippen molar-refractivity contribution in [3.8, 4) is 11.5 Å². The highest BCUT2D eigenvalue weighted by molar-refractivity contribution is 5.80. The van der Waals surface area contributed by atoms with Crippen molar-refractivity contribution >= 4 is 5.91 Å². The summed E-state index contributed by atoms with van der Waals surface area (Å²) in [6.07, 6.45) is 1.46. The molecule has 4 heteroatoms. The van der Waals surface area contributed by atoms with E-state index in [9.17, 15) is 4.79 Å². The fourth-order valence-corrected chi connectivity index (χ4v) is 2.60. The van der Waals surface area contributed by atoms with Gasteiger partial charge in [0.05, 0.1) is 6.10 Å². The number of carbonyl (C=O) groups excluding carboxylic acids is 1. The van der Waals surface area contributed by atoms with Crippen molar-refractivity contribution in [2.24, 2.45) is 0 Å². The molecule has 0 radical (unpaired) electrons. The predicted molar refractivity (Wildman–Crippen MR) is 105 cm³/mol. The highest BCUT2D eigenvalue weighted by Crippen LogP contribution is 2.15. The van der Waals surface area contributed by atoms with Crippen LogP contribution in [-0.4, -0.2) is 24.7 Å². The summed E-state index contributed by atoms with van der Waals surface area (Å²) in [5.74, 6) is 1.52. The van der Waals surface area contributed by atoms with E-state index in [0.717, 1.165) is 29.9 Å². The molecule has 0 spiro atoms. The summed E-state index contributed by atoms with van der Waals surface area (Å²) in [7, 11) is 0. The van der Waals surface area contributed by atoms with Gasteiger partial charge < -0.3 is 14.8 Å². The Labute approximate surface area is 156 Å². The van der Waals surface area contributed by atoms with Crippen molar-refractivity contribution in [1.82, 2.24) is 5.32 Å². The van der Waals surface area contributed by atoms with Gasteiger partial charge >= 0.3 is 0 Å². The Bertz CT molecular complexity index is 695. The van der Waals surface area contributed by atoms with Crippen LogP contribution in [0.5, 0.6) is 11.5 Å². The van der Waals surface area contributed by atoms with Gasteiger partial charge in [0, 0.05) is 6.54 Å². The Morgan fingerprint density at radius 1 is 1.00 bits per heavy atom. The number of nitrogens with one attached hydrogen (secondary N) is 1. The number of rotatable bonds is 9. The average Bonchev–Trinajstić information content (AvgIpc) is 2.59. The van der Waals surface area contributed by atoms with E-state index >= 15 is 0 Å². The smallest absolute Gasteiger partial charge is 0.260 e. The van der Waals surface area contributed by atoms with Gasteiger partial charge in [0.15, 0.2) is 6.10 Å². The summed E-state index contributed by atoms with van der Waals surface area (Å²) in [5.41, 5.74) is 2.35. The van der Waals surface area contributed by atoms with Gasteiger partial charge in [0.1, 0.15) is 11.5 Å². The topological polar surface area (TPSA) is 47.6 Å². The van der Waals surface area contributed by atoms with E-state index in [0.29, 0.717) is 6.54 Å². The molecule has 0 saturated heterocycles. The van der Waals surface area contributed by atoms with Crippen molar-refractivity contribution in [2.45, 2.75) is 52.7 Å². The van der Waals surface area contributed by atoms with Crippen LogP contribution in [0.3, 0.4) is 0 Å². The molecule has 0 aliphatic rings. The molecular weight excluding hydrogens is 326 g/mol. The van der Waals surface area contributed by atoms with Gasteiger partial charge in [-0.1, -0.05) is 24.3 Å². The Morgan fingerprint density at radius 3 is 2.38 bits per heavy atom. The van der Waals surface area contributed by atoms with E-state index in [4.69, 9.17) is 9.47 Å². The number of hydrogen-bond acceptors (Lipinski definition) is 3. The maximum Gasteiger partial charge on any atom is 0.260 e. The molecule has 2 aromatic carbocycles. The molecule has 0 aromatic heterocycles. The molecule has 2 aromatic rings. The molecule has 0 aliphatic carbocycles. The second kappa shape index (κ2) is 9.85. The third-order valence-electron chi connectivity index (χ3n) is 3.91. The summed E-state index contributed by atoms with van der Waals surface area (Å²) in [4.78, 5) is 12.1. The third kappa shape index (κ3) is 6.79. The molecule has 0 unspecified atom stereocenters. The molecule has 1 amide bonds. The summed E-state index contributed by atoms with van der Waals surface area (Å²) in [6.45, 7) is 8.43. The monoisotopic (exact) mass is 355 g/mol. The lowest BCUT2D eigenvalue weighted by Gasteiger charge is -2.15. The first-order valence-corrected chi connectivity index (χ1v) is 9.20. The van der Waals surface area contributed by atoms with Crippen LogP contribution >= 0.6 is 0 Å². The zero-order valence-electron chi connectivity index (χ0n) is 16.1. The molecule has 26 heavy (non-hydrogen) atoms. The minimum absolute atomic E-state index is 0.0906. The van der Waals surface area contributed by atoms with Crippen LogP contribution in [0.2, 0.25) is 0 Å². The van der Waals surface area contributed by atoms with Gasteiger partial charge in [0.25, 0.3) is 5.91 Å². The Kier molecular flexibility index (Phi) is 7.52. The van der Waals surface area contributed by atoms with Gasteiger partial charge in [-0.2, -0.15) is 0 Å². The maximum atomic E-state index is 12.1. The van der Waals surface area contributed by atoms with Gasteiger partial charge in [-0.05, 0) is 75.9 Å². The summed E-state index contributed by atoms with van der Waals surface area (Å²) in [5, 5.41) is 2.94. The maximum absolute atomic E-state index is 12.1. The molecule has 140 valence electrons. The number of hydrogen-bond donors (Lipinski definition) is 1. The minimum Gasteiger partial charge on any atom is -0.491 e. The van der Waals surface area contributed by atoms with E-state index < -0.39 is 6.10 Å². The third-order valence-corrected chi connectivity index (χ3v) is 3.91. The molecule has 0 saturated carbocycles. The van der Waals surface area contributed by atoms with E-state index in [1.54, 1.807) is 6.92 Å². The highest BCUT2D eigenvalue weighted by atomic mass is 16.5. The molecule has 4 nitrogen and oxygen atoms in total. The minimum atomic E-state index is -0.510. The van der Waals surface area contributed by atoms with Gasteiger partial charge in [-0.25, -0.2) is 0 Å². The zero-order chi connectivity index (χ0) is 18.9. The van der Waals surface area contributed by atoms with Crippen LogP contribution < -0.4 is 14.8 Å². The lowest BCUT2D eigenvalue weighted by Crippen LogP contribution is -2.36. The van der Waals surface area contributed by atoms with Crippen molar-refractivity contribution in [2.75, 3.05) is 6.54 Å². The number of carbonyl (C=O) groups is 1. The Balaban J connectivity index is 1.69. The molecule has 0 heterocycles. The van der Waals surface area contributed by atoms with Crippen molar-refractivity contribution < 1.29 is 14.3 Å². The second-order valence-electron chi connectivity index (χ2n) is 6.78. The molecule has 0 bridgehead atoms. The van der Waals surface area contributed by atoms with Crippen LogP contribution in [0.1, 0.15) is 38.3 Å². The van der Waals surface area contributed by atoms with Gasteiger partial charge in [-0.15, -0.1) is 0 Å². The normalized spacial score (nSPS) is 11.9. The van der Waals surface area contributed by atoms with Crippen LogP contribution in [0.4, 0.5) is 0 Å². The molecule has 1 atom stereocenters. The largest absolute Gasteiger partial charge is 0.491 e. The summed E-state index contributed by atoms with van der Waals surface area (Å²) < 4.78 is 11.3. The fraction of sp³-hybridized carbons (Fsp3) is 0.409. The SMILES string of the molecule is Cc1cccc(O[C@@H](C)C(=O)NCCCc2ccc(OC(C)C)cc2)c1. The first kappa shape index (κ1) is 19.8. The first-order chi connectivity index (χ1) is 12.4. The first-order valence-electron chi connectivity index (χ1n) is 9.20. The quantitative estimate of drug-likeness (QED) is 0.682. The van der Waals surface area contributed by atoms with E-state index in [2.05, 4.69) is 17.4 Å². The Morgan fingerprint density at radius 2 is 1.73 bits per heavy atom. The van der Waals surface area contributed by atoms with Gasteiger partial charge in [-0.3, -0.25) is 4.79 Å². The van der Waals surface area contributed by atoms with Crippen LogP contribution in [0.15, 0.2) is 48.5 Å². The fourth-order valence-electron chi connectivity index (χ4n) is 2.60. The van der Waals surface area contributed by atoms with Gasteiger partial charge in [0.2, 0.25) is 0 Å². The van der Waals surface area contributed by atoms with Crippen LogP contribution in [-0.2, 0) is 11.2 Å². The molecule has 2 rings (SSSR count). The average molecular weight is 355 g/mol. The van der Waals surface area contributed by atoms with Crippen molar-refractivity contribution in [3.63, 3.8) is 0 Å². The lowest BCUT2D eigenvalue weighted by molar-refractivity contribution is -0.127. The Hall–Kier alpha value is -2.49. The van der Waals surface area contributed by atoms with Crippen molar-refractivity contribution in [3.05, 3.63) is 59.7 Å².